The lowest BCUT2D eigenvalue weighted by Gasteiger charge is -2.13. The van der Waals surface area contributed by atoms with E-state index in [0.717, 1.165) is 12.8 Å². The Hall–Kier alpha value is -2.08. The smallest absolute Gasteiger partial charge is 0.00678 e. The highest BCUT2D eigenvalue weighted by molar-refractivity contribution is 5.66. The summed E-state index contributed by atoms with van der Waals surface area (Å²) in [6.45, 7) is 0. The summed E-state index contributed by atoms with van der Waals surface area (Å²) in [5, 5.41) is 0. The molecule has 2 aromatic rings. The first-order valence-corrected chi connectivity index (χ1v) is 6.96. The zero-order valence-electron chi connectivity index (χ0n) is 10.8. The van der Waals surface area contributed by atoms with Crippen LogP contribution in [0.15, 0.2) is 54.6 Å². The van der Waals surface area contributed by atoms with Crippen molar-refractivity contribution in [3.05, 3.63) is 82.4 Å². The zero-order chi connectivity index (χ0) is 12.7. The van der Waals surface area contributed by atoms with Gasteiger partial charge < -0.3 is 0 Å². The van der Waals surface area contributed by atoms with E-state index in [9.17, 15) is 0 Å². The maximum atomic E-state index is 2.35. The number of allylic oxidation sites excluding steroid dienone is 2. The molecule has 0 heteroatoms. The first-order chi connectivity index (χ1) is 9.42. The Morgan fingerprint density at radius 3 is 2.89 bits per heavy atom. The summed E-state index contributed by atoms with van der Waals surface area (Å²) in [4.78, 5) is 0. The van der Waals surface area contributed by atoms with Gasteiger partial charge in [-0.05, 0) is 40.7 Å². The van der Waals surface area contributed by atoms with Crippen molar-refractivity contribution in [1.29, 1.82) is 0 Å². The van der Waals surface area contributed by atoms with Crippen LogP contribution < -0.4 is 0 Å². The van der Waals surface area contributed by atoms with Crippen LogP contribution in [0, 0.1) is 0 Å². The van der Waals surface area contributed by atoms with Crippen LogP contribution in [0.3, 0.4) is 0 Å². The average molecular weight is 244 g/mol. The molecule has 0 fully saturated rings. The van der Waals surface area contributed by atoms with E-state index in [1.54, 1.807) is 0 Å². The molecule has 0 saturated carbocycles. The second-order valence-corrected chi connectivity index (χ2v) is 5.40. The maximum Gasteiger partial charge on any atom is 0.00678 e. The van der Waals surface area contributed by atoms with Crippen molar-refractivity contribution >= 4 is 12.2 Å². The third kappa shape index (κ3) is 1.76. The normalized spacial score (nSPS) is 18.6. The lowest BCUT2D eigenvalue weighted by atomic mass is 9.90. The van der Waals surface area contributed by atoms with Crippen LogP contribution in [0.1, 0.15) is 33.7 Å². The molecule has 0 nitrogen and oxygen atoms in total. The highest BCUT2D eigenvalue weighted by Gasteiger charge is 2.19. The number of hydrogen-bond donors (Lipinski definition) is 0. The number of fused-ring (bicyclic) bond motifs is 2. The first-order valence-electron chi connectivity index (χ1n) is 6.96. The molecule has 0 heterocycles. The molecule has 92 valence electrons. The van der Waals surface area contributed by atoms with Gasteiger partial charge in [0.15, 0.2) is 0 Å². The van der Waals surface area contributed by atoms with Crippen LogP contribution in [0.5, 0.6) is 0 Å². The van der Waals surface area contributed by atoms with Crippen LogP contribution in [-0.2, 0) is 12.8 Å². The van der Waals surface area contributed by atoms with Gasteiger partial charge in [0.2, 0.25) is 0 Å². The Labute approximate surface area is 114 Å². The maximum absolute atomic E-state index is 2.35. The standard InChI is InChI=1S/C19H16/c1-2-9-18-15(5-1)11-12-17(18)13-16-8-3-6-14-7-4-10-19(14)16/h1-6,8-12,17H,7,13H2. The van der Waals surface area contributed by atoms with Crippen LogP contribution >= 0.6 is 0 Å². The Morgan fingerprint density at radius 2 is 1.89 bits per heavy atom. The average Bonchev–Trinajstić information content (AvgIpc) is 3.06. The Morgan fingerprint density at radius 1 is 0.947 bits per heavy atom. The van der Waals surface area contributed by atoms with E-state index < -0.39 is 0 Å². The molecule has 0 bridgehead atoms. The highest BCUT2D eigenvalue weighted by Crippen LogP contribution is 2.34. The van der Waals surface area contributed by atoms with Crippen molar-refractivity contribution in [2.45, 2.75) is 18.8 Å². The predicted molar refractivity (Wildman–Crippen MR) is 81.1 cm³/mol. The molecule has 1 atom stereocenters. The van der Waals surface area contributed by atoms with Crippen molar-refractivity contribution in [1.82, 2.24) is 0 Å². The largest absolute Gasteiger partial charge is 0.0795 e. The van der Waals surface area contributed by atoms with E-state index in [0.29, 0.717) is 5.92 Å². The van der Waals surface area contributed by atoms with E-state index in [4.69, 9.17) is 0 Å². The molecule has 0 amide bonds. The molecule has 0 radical (unpaired) electrons. The zero-order valence-corrected chi connectivity index (χ0v) is 10.8. The molecule has 0 spiro atoms. The Bertz CT molecular complexity index is 689. The summed E-state index contributed by atoms with van der Waals surface area (Å²) in [5.41, 5.74) is 7.28. The molecule has 0 saturated heterocycles. The SMILES string of the molecule is C1=Cc2c(cccc2CC2C=Cc3ccccc32)C1. The first kappa shape index (κ1) is 10.8. The fourth-order valence-corrected chi connectivity index (χ4v) is 3.28. The minimum absolute atomic E-state index is 0.539. The molecule has 2 aromatic carbocycles. The predicted octanol–water partition coefficient (Wildman–Crippen LogP) is 4.61. The summed E-state index contributed by atoms with van der Waals surface area (Å²) in [6.07, 6.45) is 11.4. The van der Waals surface area contributed by atoms with Crippen LogP contribution in [0.4, 0.5) is 0 Å². The number of hydrogen-bond acceptors (Lipinski definition) is 0. The second kappa shape index (κ2) is 4.24. The van der Waals surface area contributed by atoms with Gasteiger partial charge in [0, 0.05) is 5.92 Å². The highest BCUT2D eigenvalue weighted by atomic mass is 14.2. The van der Waals surface area contributed by atoms with E-state index in [-0.39, 0.29) is 0 Å². The van der Waals surface area contributed by atoms with E-state index in [1.807, 2.05) is 0 Å². The van der Waals surface area contributed by atoms with Crippen LogP contribution in [0.2, 0.25) is 0 Å². The monoisotopic (exact) mass is 244 g/mol. The molecule has 2 aliphatic rings. The van der Waals surface area contributed by atoms with Gasteiger partial charge in [-0.15, -0.1) is 0 Å². The van der Waals surface area contributed by atoms with Crippen molar-refractivity contribution in [3.63, 3.8) is 0 Å². The van der Waals surface area contributed by atoms with Crippen LogP contribution in [-0.4, -0.2) is 0 Å². The summed E-state index contributed by atoms with van der Waals surface area (Å²) in [7, 11) is 0. The Balaban J connectivity index is 1.69. The Kier molecular flexibility index (Phi) is 2.41. The third-order valence-electron chi connectivity index (χ3n) is 4.25. The van der Waals surface area contributed by atoms with Crippen molar-refractivity contribution in [2.24, 2.45) is 0 Å². The van der Waals surface area contributed by atoms with Gasteiger partial charge in [-0.1, -0.05) is 66.8 Å². The lowest BCUT2D eigenvalue weighted by Crippen LogP contribution is -2.00. The second-order valence-electron chi connectivity index (χ2n) is 5.40. The van der Waals surface area contributed by atoms with Gasteiger partial charge in [-0.3, -0.25) is 0 Å². The van der Waals surface area contributed by atoms with Crippen molar-refractivity contribution in [3.8, 4) is 0 Å². The molecule has 0 aromatic heterocycles. The quantitative estimate of drug-likeness (QED) is 0.723. The molecular formula is C19H16. The van der Waals surface area contributed by atoms with Gasteiger partial charge in [-0.2, -0.15) is 0 Å². The lowest BCUT2D eigenvalue weighted by molar-refractivity contribution is 0.847. The van der Waals surface area contributed by atoms with Gasteiger partial charge in [0.1, 0.15) is 0 Å². The van der Waals surface area contributed by atoms with Gasteiger partial charge >= 0.3 is 0 Å². The number of benzene rings is 2. The summed E-state index contributed by atoms with van der Waals surface area (Å²) in [6, 6.07) is 15.5. The summed E-state index contributed by atoms with van der Waals surface area (Å²) >= 11 is 0. The molecule has 4 rings (SSSR count). The minimum Gasteiger partial charge on any atom is -0.0795 e. The van der Waals surface area contributed by atoms with Crippen LogP contribution in [0.25, 0.3) is 12.2 Å². The van der Waals surface area contributed by atoms with Gasteiger partial charge in [-0.25, -0.2) is 0 Å². The molecule has 1 unspecified atom stereocenters. The molecule has 19 heavy (non-hydrogen) atoms. The number of rotatable bonds is 2. The van der Waals surface area contributed by atoms with E-state index in [2.05, 4.69) is 66.8 Å². The van der Waals surface area contributed by atoms with E-state index >= 15 is 0 Å². The molecule has 0 N–H and O–H groups in total. The van der Waals surface area contributed by atoms with Gasteiger partial charge in [0.25, 0.3) is 0 Å². The summed E-state index contributed by atoms with van der Waals surface area (Å²) in [5.74, 6) is 0.539. The fourth-order valence-electron chi connectivity index (χ4n) is 3.28. The fraction of sp³-hybridized carbons (Fsp3) is 0.158. The molecule has 0 aliphatic heterocycles. The minimum atomic E-state index is 0.539. The molecular weight excluding hydrogens is 228 g/mol. The topological polar surface area (TPSA) is 0 Å². The third-order valence-corrected chi connectivity index (χ3v) is 4.25. The van der Waals surface area contributed by atoms with Crippen molar-refractivity contribution in [2.75, 3.05) is 0 Å². The van der Waals surface area contributed by atoms with E-state index in [1.165, 1.54) is 27.8 Å². The molecule has 2 aliphatic carbocycles. The summed E-state index contributed by atoms with van der Waals surface area (Å²) < 4.78 is 0. The van der Waals surface area contributed by atoms with Gasteiger partial charge in [0.05, 0.1) is 0 Å². The van der Waals surface area contributed by atoms with Crippen molar-refractivity contribution < 1.29 is 0 Å².